The highest BCUT2D eigenvalue weighted by atomic mass is 16.3. The zero-order valence-electron chi connectivity index (χ0n) is 15.0. The predicted octanol–water partition coefficient (Wildman–Crippen LogP) is 0.271. The number of H-pyrrole nitrogens is 1. The Morgan fingerprint density at radius 3 is 2.81 bits per heavy atom. The van der Waals surface area contributed by atoms with Gasteiger partial charge in [0.05, 0.1) is 23.7 Å². The molecular formula is C19H22N4O4. The van der Waals surface area contributed by atoms with Crippen LogP contribution >= 0.6 is 0 Å². The van der Waals surface area contributed by atoms with Crippen molar-refractivity contribution in [1.82, 2.24) is 20.4 Å². The van der Waals surface area contributed by atoms with E-state index in [0.29, 0.717) is 22.3 Å². The maximum atomic E-state index is 12.8. The highest BCUT2D eigenvalue weighted by molar-refractivity contribution is 5.98. The molecule has 1 aromatic carbocycles. The van der Waals surface area contributed by atoms with Crippen LogP contribution in [0.1, 0.15) is 30.1 Å². The Morgan fingerprint density at radius 1 is 1.30 bits per heavy atom. The Kier molecular flexibility index (Phi) is 4.43. The summed E-state index contributed by atoms with van der Waals surface area (Å²) in [7, 11) is 0. The van der Waals surface area contributed by atoms with Crippen LogP contribution in [0.15, 0.2) is 29.2 Å². The summed E-state index contributed by atoms with van der Waals surface area (Å²) in [6, 6.07) is 4.34. The molecule has 2 aromatic rings. The molecule has 27 heavy (non-hydrogen) atoms. The second kappa shape index (κ2) is 6.77. The maximum absolute atomic E-state index is 12.8. The van der Waals surface area contributed by atoms with E-state index in [1.807, 2.05) is 0 Å². The Bertz CT molecular complexity index is 950. The van der Waals surface area contributed by atoms with Gasteiger partial charge in [0.25, 0.3) is 11.5 Å². The van der Waals surface area contributed by atoms with E-state index in [1.165, 1.54) is 11.1 Å². The molecular weight excluding hydrogens is 348 g/mol. The van der Waals surface area contributed by atoms with E-state index in [0.717, 1.165) is 12.8 Å². The van der Waals surface area contributed by atoms with Gasteiger partial charge in [-0.25, -0.2) is 5.10 Å². The molecule has 8 nitrogen and oxygen atoms in total. The van der Waals surface area contributed by atoms with Crippen LogP contribution < -0.4 is 10.9 Å². The molecule has 0 radical (unpaired) electrons. The number of benzene rings is 1. The highest BCUT2D eigenvalue weighted by Gasteiger charge is 2.38. The topological polar surface area (TPSA) is 115 Å². The van der Waals surface area contributed by atoms with Gasteiger partial charge in [0.1, 0.15) is 0 Å². The van der Waals surface area contributed by atoms with Crippen molar-refractivity contribution in [2.75, 3.05) is 13.1 Å². The lowest BCUT2D eigenvalue weighted by atomic mass is 9.75. The second-order valence-corrected chi connectivity index (χ2v) is 7.67. The van der Waals surface area contributed by atoms with Crippen molar-refractivity contribution in [2.45, 2.75) is 31.9 Å². The van der Waals surface area contributed by atoms with Gasteiger partial charge in [0, 0.05) is 30.0 Å². The number of aromatic amines is 1. The van der Waals surface area contributed by atoms with Gasteiger partial charge < -0.3 is 15.3 Å². The number of hydrogen-bond acceptors (Lipinski definition) is 5. The van der Waals surface area contributed by atoms with Crippen LogP contribution in [0.5, 0.6) is 0 Å². The number of carbonyl (C=O) groups is 2. The minimum Gasteiger partial charge on any atom is -0.389 e. The van der Waals surface area contributed by atoms with Gasteiger partial charge in [-0.2, -0.15) is 5.10 Å². The number of aliphatic hydroxyl groups is 1. The Morgan fingerprint density at radius 2 is 2.07 bits per heavy atom. The molecule has 3 N–H and O–H groups in total. The maximum Gasteiger partial charge on any atom is 0.272 e. The molecule has 0 bridgehead atoms. The van der Waals surface area contributed by atoms with Crippen molar-refractivity contribution in [2.24, 2.45) is 11.8 Å². The average Bonchev–Trinajstić information content (AvgIpc) is 2.98. The largest absolute Gasteiger partial charge is 0.389 e. The summed E-state index contributed by atoms with van der Waals surface area (Å²) in [4.78, 5) is 38.3. The first kappa shape index (κ1) is 17.7. The lowest BCUT2D eigenvalue weighted by Crippen LogP contribution is -2.47. The molecule has 2 amide bonds. The normalized spacial score (nSPS) is 27.4. The summed E-state index contributed by atoms with van der Waals surface area (Å²) >= 11 is 0. The van der Waals surface area contributed by atoms with Gasteiger partial charge in [-0.05, 0) is 37.0 Å². The molecule has 2 fully saturated rings. The van der Waals surface area contributed by atoms with Gasteiger partial charge >= 0.3 is 0 Å². The third-order valence-corrected chi connectivity index (χ3v) is 5.56. The summed E-state index contributed by atoms with van der Waals surface area (Å²) in [5.74, 6) is 0.303. The monoisotopic (exact) mass is 370 g/mol. The van der Waals surface area contributed by atoms with Crippen LogP contribution in [-0.2, 0) is 4.79 Å². The number of nitrogens with zero attached hydrogens (tertiary/aromatic N) is 2. The van der Waals surface area contributed by atoms with E-state index in [2.05, 4.69) is 22.4 Å². The second-order valence-electron chi connectivity index (χ2n) is 7.67. The van der Waals surface area contributed by atoms with Gasteiger partial charge in [-0.15, -0.1) is 0 Å². The SMILES string of the molecule is CC1CC(C(=O)N[C@@H]2CN(C(=O)c3ccc4c(=O)[nH]ncc4c3)C[C@@H]2O)C1. The molecule has 2 atom stereocenters. The number of likely N-dealkylation sites (tertiary alicyclic amines) is 1. The fourth-order valence-electron chi connectivity index (χ4n) is 3.92. The van der Waals surface area contributed by atoms with Gasteiger partial charge in [-0.3, -0.25) is 14.4 Å². The lowest BCUT2D eigenvalue weighted by molar-refractivity contribution is -0.130. The number of aromatic nitrogens is 2. The van der Waals surface area contributed by atoms with E-state index in [-0.39, 0.29) is 36.4 Å². The van der Waals surface area contributed by atoms with E-state index in [4.69, 9.17) is 0 Å². The molecule has 1 aliphatic carbocycles. The molecule has 0 unspecified atom stereocenters. The third-order valence-electron chi connectivity index (χ3n) is 5.56. The first-order valence-corrected chi connectivity index (χ1v) is 9.17. The number of fused-ring (bicyclic) bond motifs is 1. The van der Waals surface area contributed by atoms with Crippen molar-refractivity contribution in [3.8, 4) is 0 Å². The molecule has 0 spiro atoms. The van der Waals surface area contributed by atoms with Crippen molar-refractivity contribution in [3.05, 3.63) is 40.3 Å². The van der Waals surface area contributed by atoms with E-state index >= 15 is 0 Å². The predicted molar refractivity (Wildman–Crippen MR) is 98.1 cm³/mol. The summed E-state index contributed by atoms with van der Waals surface area (Å²) in [5, 5.41) is 20.3. The van der Waals surface area contributed by atoms with E-state index in [1.54, 1.807) is 18.2 Å². The molecule has 1 aliphatic heterocycles. The fraction of sp³-hybridized carbons (Fsp3) is 0.474. The van der Waals surface area contributed by atoms with E-state index < -0.39 is 12.1 Å². The van der Waals surface area contributed by atoms with Crippen molar-refractivity contribution >= 4 is 22.6 Å². The number of carbonyl (C=O) groups excluding carboxylic acids is 2. The fourth-order valence-corrected chi connectivity index (χ4v) is 3.92. The van der Waals surface area contributed by atoms with Crippen LogP contribution in [0.2, 0.25) is 0 Å². The van der Waals surface area contributed by atoms with Crippen molar-refractivity contribution in [3.63, 3.8) is 0 Å². The van der Waals surface area contributed by atoms with Gasteiger partial charge in [0.2, 0.25) is 5.91 Å². The molecule has 8 heteroatoms. The van der Waals surface area contributed by atoms with Crippen LogP contribution in [0.4, 0.5) is 0 Å². The van der Waals surface area contributed by atoms with Crippen molar-refractivity contribution in [1.29, 1.82) is 0 Å². The minimum absolute atomic E-state index is 0.0167. The zero-order chi connectivity index (χ0) is 19.1. The summed E-state index contributed by atoms with van der Waals surface area (Å²) in [5.41, 5.74) is 0.109. The zero-order valence-corrected chi connectivity index (χ0v) is 15.0. The lowest BCUT2D eigenvalue weighted by Gasteiger charge is -2.32. The summed E-state index contributed by atoms with van der Waals surface area (Å²) in [6.45, 7) is 2.54. The number of β-amino-alcohol motifs (C(OH)–C–C–N with tert-alkyl or cyclic N) is 1. The van der Waals surface area contributed by atoms with Gasteiger partial charge in [0.15, 0.2) is 0 Å². The number of rotatable bonds is 3. The summed E-state index contributed by atoms with van der Waals surface area (Å²) < 4.78 is 0. The van der Waals surface area contributed by atoms with Crippen LogP contribution in [0, 0.1) is 11.8 Å². The average molecular weight is 370 g/mol. The Hall–Kier alpha value is -2.74. The molecule has 1 saturated carbocycles. The number of hydrogen-bond donors (Lipinski definition) is 3. The Balaban J connectivity index is 1.45. The number of nitrogens with one attached hydrogen (secondary N) is 2. The number of amides is 2. The first-order chi connectivity index (χ1) is 12.9. The van der Waals surface area contributed by atoms with E-state index in [9.17, 15) is 19.5 Å². The minimum atomic E-state index is -0.791. The number of aliphatic hydroxyl groups excluding tert-OH is 1. The molecule has 4 rings (SSSR count). The molecule has 142 valence electrons. The first-order valence-electron chi connectivity index (χ1n) is 9.17. The Labute approximate surface area is 155 Å². The standard InChI is InChI=1S/C19H22N4O4/c1-10-4-12(5-10)17(25)21-15-8-23(9-16(15)24)19(27)11-2-3-14-13(6-11)7-20-22-18(14)26/h2-3,6-7,10,12,15-16,24H,4-5,8-9H2,1H3,(H,21,25)(H,22,26)/t10?,12?,15-,16+/m1/s1. The molecule has 2 aliphatic rings. The molecule has 1 aromatic heterocycles. The van der Waals surface area contributed by atoms with Crippen molar-refractivity contribution < 1.29 is 14.7 Å². The van der Waals surface area contributed by atoms with Crippen LogP contribution in [0.3, 0.4) is 0 Å². The van der Waals surface area contributed by atoms with Crippen LogP contribution in [-0.4, -0.2) is 57.3 Å². The smallest absolute Gasteiger partial charge is 0.272 e. The van der Waals surface area contributed by atoms with Gasteiger partial charge in [-0.1, -0.05) is 6.92 Å². The molecule has 2 heterocycles. The quantitative estimate of drug-likeness (QED) is 0.717. The van der Waals surface area contributed by atoms with Crippen LogP contribution in [0.25, 0.3) is 10.8 Å². The molecule has 1 saturated heterocycles. The highest BCUT2D eigenvalue weighted by Crippen LogP contribution is 2.33. The summed E-state index contributed by atoms with van der Waals surface area (Å²) in [6.07, 6.45) is 2.46. The third kappa shape index (κ3) is 3.32.